The van der Waals surface area contributed by atoms with Crippen LogP contribution in [0.1, 0.15) is 27.6 Å². The first-order valence-corrected chi connectivity index (χ1v) is 8.89. The molecule has 152 valence electrons. The summed E-state index contributed by atoms with van der Waals surface area (Å²) >= 11 is 5.79. The third-order valence-electron chi connectivity index (χ3n) is 4.57. The predicted molar refractivity (Wildman–Crippen MR) is 104 cm³/mol. The fraction of sp³-hybridized carbons (Fsp3) is 0.200. The van der Waals surface area contributed by atoms with Crippen molar-refractivity contribution in [2.75, 3.05) is 13.7 Å². The molecule has 1 unspecified atom stereocenters. The van der Waals surface area contributed by atoms with Gasteiger partial charge in [0.1, 0.15) is 23.2 Å². The summed E-state index contributed by atoms with van der Waals surface area (Å²) in [5, 5.41) is 29.2. The van der Waals surface area contributed by atoms with Crippen LogP contribution in [0, 0.1) is 5.82 Å². The number of ether oxygens (including phenoxy) is 1. The number of hydrogen-bond acceptors (Lipinski definition) is 5. The molecule has 9 heteroatoms. The van der Waals surface area contributed by atoms with Gasteiger partial charge in [-0.1, -0.05) is 23.7 Å². The van der Waals surface area contributed by atoms with Gasteiger partial charge < -0.3 is 24.6 Å². The van der Waals surface area contributed by atoms with Crippen LogP contribution in [0.5, 0.6) is 5.75 Å². The van der Waals surface area contributed by atoms with Gasteiger partial charge >= 0.3 is 5.97 Å². The lowest BCUT2D eigenvalue weighted by atomic mass is 9.97. The molecule has 3 aromatic rings. The van der Waals surface area contributed by atoms with E-state index in [1.165, 1.54) is 42.0 Å². The number of aromatic nitrogens is 1. The van der Waals surface area contributed by atoms with Crippen LogP contribution in [0.2, 0.25) is 5.02 Å². The minimum absolute atomic E-state index is 0.0179. The van der Waals surface area contributed by atoms with Crippen molar-refractivity contribution < 1.29 is 29.2 Å². The Bertz CT molecular complexity index is 1160. The molecule has 0 aliphatic carbocycles. The lowest BCUT2D eigenvalue weighted by Crippen LogP contribution is -2.20. The smallest absolute Gasteiger partial charge is 0.341 e. The fourth-order valence-electron chi connectivity index (χ4n) is 3.17. The molecule has 1 heterocycles. The lowest BCUT2D eigenvalue weighted by Gasteiger charge is -2.19. The molecule has 0 saturated heterocycles. The summed E-state index contributed by atoms with van der Waals surface area (Å²) in [7, 11) is 1.34. The Morgan fingerprint density at radius 2 is 2.03 bits per heavy atom. The van der Waals surface area contributed by atoms with E-state index in [-0.39, 0.29) is 40.4 Å². The van der Waals surface area contributed by atoms with Crippen LogP contribution >= 0.6 is 11.6 Å². The molecule has 2 aromatic carbocycles. The number of nitrogens with zero attached hydrogens (tertiary/aromatic N) is 1. The van der Waals surface area contributed by atoms with E-state index in [2.05, 4.69) is 0 Å². The number of rotatable bonds is 6. The van der Waals surface area contributed by atoms with Crippen molar-refractivity contribution in [3.8, 4) is 5.75 Å². The largest absolute Gasteiger partial charge is 0.496 e. The van der Waals surface area contributed by atoms with Crippen LogP contribution in [0.25, 0.3) is 10.9 Å². The summed E-state index contributed by atoms with van der Waals surface area (Å²) in [6, 6.07) is 6.83. The Morgan fingerprint density at radius 1 is 1.31 bits per heavy atom. The number of aliphatic hydroxyl groups excluding tert-OH is 2. The molecule has 0 aliphatic heterocycles. The molecule has 0 saturated carbocycles. The molecular formula is C20H17ClFNO6. The van der Waals surface area contributed by atoms with E-state index in [0.29, 0.717) is 5.52 Å². The van der Waals surface area contributed by atoms with Crippen LogP contribution in [0.15, 0.2) is 41.3 Å². The van der Waals surface area contributed by atoms with E-state index in [9.17, 15) is 29.3 Å². The Morgan fingerprint density at radius 3 is 2.66 bits per heavy atom. The molecule has 0 fully saturated rings. The number of carboxylic acids is 1. The van der Waals surface area contributed by atoms with Crippen molar-refractivity contribution in [3.63, 3.8) is 0 Å². The predicted octanol–water partition coefficient (Wildman–Crippen LogP) is 2.57. The van der Waals surface area contributed by atoms with Gasteiger partial charge in [0.15, 0.2) is 0 Å². The second-order valence-corrected chi connectivity index (χ2v) is 6.66. The highest BCUT2D eigenvalue weighted by Crippen LogP contribution is 2.35. The summed E-state index contributed by atoms with van der Waals surface area (Å²) in [6.45, 7) is -0.261. The average Bonchev–Trinajstić information content (AvgIpc) is 2.70. The number of hydrogen-bond donors (Lipinski definition) is 3. The molecule has 1 atom stereocenters. The van der Waals surface area contributed by atoms with Gasteiger partial charge in [0.25, 0.3) is 0 Å². The quantitative estimate of drug-likeness (QED) is 0.564. The fourth-order valence-corrected chi connectivity index (χ4v) is 3.35. The number of aliphatic hydroxyl groups is 2. The van der Waals surface area contributed by atoms with Crippen LogP contribution < -0.4 is 10.2 Å². The van der Waals surface area contributed by atoms with E-state index in [4.69, 9.17) is 16.3 Å². The van der Waals surface area contributed by atoms with Crippen LogP contribution in [0.4, 0.5) is 4.39 Å². The minimum Gasteiger partial charge on any atom is -0.496 e. The maximum absolute atomic E-state index is 14.4. The van der Waals surface area contributed by atoms with Crippen molar-refractivity contribution >= 4 is 28.5 Å². The van der Waals surface area contributed by atoms with Crippen molar-refractivity contribution in [1.82, 2.24) is 4.57 Å². The molecule has 1 aromatic heterocycles. The highest BCUT2D eigenvalue weighted by atomic mass is 35.5. The Balaban J connectivity index is 2.33. The first-order chi connectivity index (χ1) is 13.8. The number of halogens is 2. The number of fused-ring (bicyclic) bond motifs is 1. The Labute approximate surface area is 169 Å². The topological polar surface area (TPSA) is 109 Å². The van der Waals surface area contributed by atoms with E-state index in [1.807, 2.05) is 0 Å². The van der Waals surface area contributed by atoms with Gasteiger partial charge in [0.2, 0.25) is 5.43 Å². The van der Waals surface area contributed by atoms with E-state index in [0.717, 1.165) is 6.20 Å². The molecule has 0 radical (unpaired) electrons. The van der Waals surface area contributed by atoms with Gasteiger partial charge in [-0.2, -0.15) is 0 Å². The third kappa shape index (κ3) is 3.69. The van der Waals surface area contributed by atoms with Crippen molar-refractivity contribution in [3.05, 3.63) is 74.3 Å². The van der Waals surface area contributed by atoms with Gasteiger partial charge in [-0.05, 0) is 12.1 Å². The van der Waals surface area contributed by atoms with Crippen molar-refractivity contribution in [2.24, 2.45) is 0 Å². The highest BCUT2D eigenvalue weighted by molar-refractivity contribution is 6.30. The summed E-state index contributed by atoms with van der Waals surface area (Å²) in [4.78, 5) is 24.1. The first kappa shape index (κ1) is 20.8. The molecule has 0 amide bonds. The van der Waals surface area contributed by atoms with E-state index in [1.54, 1.807) is 0 Å². The highest BCUT2D eigenvalue weighted by Gasteiger charge is 2.23. The zero-order valence-electron chi connectivity index (χ0n) is 15.2. The SMILES string of the molecule is COc1cc2c(cc1C(O)c1cccc(Cl)c1F)c(=O)c(C(=O)O)cn2CCO. The Hall–Kier alpha value is -2.94. The number of methoxy groups -OCH3 is 1. The van der Waals surface area contributed by atoms with Crippen LogP contribution in [-0.2, 0) is 6.54 Å². The molecule has 7 nitrogen and oxygen atoms in total. The van der Waals surface area contributed by atoms with Gasteiger partial charge in [-0.3, -0.25) is 4.79 Å². The summed E-state index contributed by atoms with van der Waals surface area (Å²) in [5.41, 5.74) is -1.03. The standard InChI is InChI=1S/C20H17ClFNO6/c1-29-16-8-15-11(19(26)13(20(27)28)9-23(15)5-6-24)7-12(16)18(25)10-3-2-4-14(21)17(10)22/h2-4,7-9,18,24-25H,5-6H2,1H3,(H,27,28). The number of pyridine rings is 1. The molecule has 0 spiro atoms. The summed E-state index contributed by atoms with van der Waals surface area (Å²) in [5.74, 6) is -2.10. The molecule has 3 rings (SSSR count). The summed E-state index contributed by atoms with van der Waals surface area (Å²) < 4.78 is 21.1. The normalized spacial score (nSPS) is 12.2. The van der Waals surface area contributed by atoms with Crippen molar-refractivity contribution in [2.45, 2.75) is 12.6 Å². The molecule has 0 aliphatic rings. The van der Waals surface area contributed by atoms with E-state index < -0.39 is 28.9 Å². The molecular weight excluding hydrogens is 405 g/mol. The number of carbonyl (C=O) groups is 1. The minimum atomic E-state index is -1.52. The molecule has 29 heavy (non-hydrogen) atoms. The molecule has 3 N–H and O–H groups in total. The van der Waals surface area contributed by atoms with Crippen LogP contribution in [0.3, 0.4) is 0 Å². The second kappa shape index (κ2) is 8.20. The third-order valence-corrected chi connectivity index (χ3v) is 4.87. The Kier molecular flexibility index (Phi) is 5.88. The zero-order valence-corrected chi connectivity index (χ0v) is 16.0. The van der Waals surface area contributed by atoms with Crippen LogP contribution in [-0.4, -0.2) is 39.6 Å². The first-order valence-electron chi connectivity index (χ1n) is 8.51. The van der Waals surface area contributed by atoms with E-state index >= 15 is 0 Å². The molecule has 0 bridgehead atoms. The number of benzene rings is 2. The lowest BCUT2D eigenvalue weighted by molar-refractivity contribution is 0.0694. The zero-order chi connectivity index (χ0) is 21.3. The van der Waals surface area contributed by atoms with Gasteiger partial charge in [0, 0.05) is 35.3 Å². The second-order valence-electron chi connectivity index (χ2n) is 6.25. The maximum Gasteiger partial charge on any atom is 0.341 e. The monoisotopic (exact) mass is 421 g/mol. The van der Waals surface area contributed by atoms with Gasteiger partial charge in [-0.15, -0.1) is 0 Å². The number of aromatic carboxylic acids is 1. The van der Waals surface area contributed by atoms with Gasteiger partial charge in [0.05, 0.1) is 24.3 Å². The van der Waals surface area contributed by atoms with Gasteiger partial charge in [-0.25, -0.2) is 9.18 Å². The number of carboxylic acid groups (broad SMARTS) is 1. The maximum atomic E-state index is 14.4. The summed E-state index contributed by atoms with van der Waals surface area (Å²) in [6.07, 6.45) is -0.387. The average molecular weight is 422 g/mol. The van der Waals surface area contributed by atoms with Crippen molar-refractivity contribution in [1.29, 1.82) is 0 Å².